The summed E-state index contributed by atoms with van der Waals surface area (Å²) in [5.74, 6) is 1.93. The van der Waals surface area contributed by atoms with E-state index in [1.807, 2.05) is 74.0 Å². The van der Waals surface area contributed by atoms with Crippen LogP contribution in [-0.4, -0.2) is 51.7 Å². The highest BCUT2D eigenvalue weighted by Gasteiger charge is 2.23. The van der Waals surface area contributed by atoms with Gasteiger partial charge in [-0.3, -0.25) is 4.90 Å². The first kappa shape index (κ1) is 25.9. The van der Waals surface area contributed by atoms with Crippen LogP contribution < -0.4 is 4.74 Å². The third kappa shape index (κ3) is 7.42. The van der Waals surface area contributed by atoms with Crippen molar-refractivity contribution in [2.75, 3.05) is 19.7 Å². The smallest absolute Gasteiger partial charge is 0.227 e. The lowest BCUT2D eigenvalue weighted by Crippen LogP contribution is -2.37. The highest BCUT2D eigenvalue weighted by atomic mass is 16.5. The summed E-state index contributed by atoms with van der Waals surface area (Å²) in [7, 11) is 0. The van der Waals surface area contributed by atoms with Gasteiger partial charge in [-0.2, -0.15) is 5.10 Å². The van der Waals surface area contributed by atoms with Gasteiger partial charge in [-0.25, -0.2) is 4.68 Å². The summed E-state index contributed by atoms with van der Waals surface area (Å²) in [6.07, 6.45) is -0.472. The number of ether oxygens (including phenoxy) is 2. The molecule has 0 spiro atoms. The minimum absolute atomic E-state index is 0.0916. The van der Waals surface area contributed by atoms with Gasteiger partial charge < -0.3 is 14.6 Å². The Kier molecular flexibility index (Phi) is 9.28. The number of aromatic nitrogens is 2. The van der Waals surface area contributed by atoms with Crippen molar-refractivity contribution in [2.45, 2.75) is 60.3 Å². The Morgan fingerprint density at radius 3 is 2.35 bits per heavy atom. The van der Waals surface area contributed by atoms with E-state index >= 15 is 0 Å². The maximum absolute atomic E-state index is 10.6. The van der Waals surface area contributed by atoms with Gasteiger partial charge in [0.2, 0.25) is 5.88 Å². The van der Waals surface area contributed by atoms with Crippen molar-refractivity contribution in [1.82, 2.24) is 14.7 Å². The van der Waals surface area contributed by atoms with Gasteiger partial charge in [0.1, 0.15) is 5.75 Å². The summed E-state index contributed by atoms with van der Waals surface area (Å²) in [5.41, 5.74) is 4.01. The van der Waals surface area contributed by atoms with Crippen LogP contribution >= 0.6 is 0 Å². The number of para-hydroxylation sites is 1. The summed E-state index contributed by atoms with van der Waals surface area (Å²) in [4.78, 5) is 2.27. The normalized spacial score (nSPS) is 12.6. The Labute approximate surface area is 204 Å². The molecule has 0 radical (unpaired) electrons. The summed E-state index contributed by atoms with van der Waals surface area (Å²) in [5, 5.41) is 15.5. The molecule has 184 valence electrons. The third-order valence-corrected chi connectivity index (χ3v) is 5.44. The van der Waals surface area contributed by atoms with Crippen molar-refractivity contribution in [2.24, 2.45) is 5.92 Å². The van der Waals surface area contributed by atoms with Crippen LogP contribution in [0.3, 0.4) is 0 Å². The summed E-state index contributed by atoms with van der Waals surface area (Å²) in [6.45, 7) is 14.7. The maximum Gasteiger partial charge on any atom is 0.227 e. The molecule has 3 aromatic rings. The van der Waals surface area contributed by atoms with Crippen LogP contribution in [0.25, 0.3) is 5.69 Å². The molecule has 0 aliphatic carbocycles. The van der Waals surface area contributed by atoms with Crippen LogP contribution in [0.2, 0.25) is 0 Å². The van der Waals surface area contributed by atoms with Crippen LogP contribution in [0.5, 0.6) is 11.6 Å². The van der Waals surface area contributed by atoms with Crippen molar-refractivity contribution >= 4 is 0 Å². The molecule has 1 heterocycles. The van der Waals surface area contributed by atoms with Gasteiger partial charge in [0.15, 0.2) is 0 Å². The molecule has 0 aliphatic rings. The molecule has 0 amide bonds. The fourth-order valence-corrected chi connectivity index (χ4v) is 3.96. The molecule has 2 aromatic carbocycles. The van der Waals surface area contributed by atoms with E-state index in [1.54, 1.807) is 0 Å². The number of nitrogens with zero attached hydrogens (tertiary/aromatic N) is 3. The Hall–Kier alpha value is -2.67. The zero-order valence-electron chi connectivity index (χ0n) is 21.4. The molecule has 3 rings (SSSR count). The molecule has 0 unspecified atom stereocenters. The average molecular weight is 466 g/mol. The molecule has 1 atom stereocenters. The van der Waals surface area contributed by atoms with E-state index in [2.05, 4.69) is 31.7 Å². The molecule has 0 aliphatic heterocycles. The Bertz CT molecular complexity index is 1030. The van der Waals surface area contributed by atoms with E-state index in [-0.39, 0.29) is 6.10 Å². The first-order chi connectivity index (χ1) is 16.2. The monoisotopic (exact) mass is 465 g/mol. The number of aliphatic hydroxyl groups is 1. The zero-order valence-corrected chi connectivity index (χ0v) is 21.4. The molecule has 34 heavy (non-hydrogen) atoms. The third-order valence-electron chi connectivity index (χ3n) is 5.44. The quantitative estimate of drug-likeness (QED) is 0.381. The average Bonchev–Trinajstić information content (AvgIpc) is 3.07. The van der Waals surface area contributed by atoms with Crippen molar-refractivity contribution in [3.05, 3.63) is 71.4 Å². The van der Waals surface area contributed by atoms with Crippen LogP contribution in [0, 0.1) is 19.8 Å². The minimum atomic E-state index is -0.563. The molecule has 1 N–H and O–H groups in total. The second-order valence-corrected chi connectivity index (χ2v) is 9.66. The highest BCUT2D eigenvalue weighted by molar-refractivity contribution is 5.43. The largest absolute Gasteiger partial charge is 0.439 e. The van der Waals surface area contributed by atoms with Crippen LogP contribution in [0.15, 0.2) is 54.6 Å². The van der Waals surface area contributed by atoms with Crippen LogP contribution in [-0.2, 0) is 11.3 Å². The van der Waals surface area contributed by atoms with Crippen molar-refractivity contribution in [1.29, 1.82) is 0 Å². The van der Waals surface area contributed by atoms with Crippen molar-refractivity contribution in [3.63, 3.8) is 0 Å². The van der Waals surface area contributed by atoms with Gasteiger partial charge in [-0.05, 0) is 63.4 Å². The van der Waals surface area contributed by atoms with Gasteiger partial charge >= 0.3 is 0 Å². The summed E-state index contributed by atoms with van der Waals surface area (Å²) >= 11 is 0. The topological polar surface area (TPSA) is 59.8 Å². The SMILES string of the molecule is Cc1cccc(Oc2c(CN(CC(C)C)C[C@@H](O)COC(C)C)c(C)nn2-c2ccccc2)c1. The van der Waals surface area contributed by atoms with E-state index in [0.29, 0.717) is 31.5 Å². The first-order valence-electron chi connectivity index (χ1n) is 12.1. The molecule has 0 fully saturated rings. The molecule has 0 saturated carbocycles. The number of aryl methyl sites for hydroxylation is 2. The Balaban J connectivity index is 1.95. The standard InChI is InChI=1S/C28H39N3O3/c1-20(2)16-30(17-25(32)19-33-21(3)4)18-27-23(6)29-31(24-12-8-7-9-13-24)28(27)34-26-14-10-11-22(5)15-26/h7-15,20-21,25,32H,16-19H2,1-6H3/t25-/m1/s1. The van der Waals surface area contributed by atoms with E-state index in [0.717, 1.165) is 34.8 Å². The molecule has 0 saturated heterocycles. The van der Waals surface area contributed by atoms with Gasteiger partial charge in [-0.15, -0.1) is 0 Å². The predicted molar refractivity (Wildman–Crippen MR) is 137 cm³/mol. The van der Waals surface area contributed by atoms with Crippen LogP contribution in [0.4, 0.5) is 0 Å². The fraction of sp³-hybridized carbons (Fsp3) is 0.464. The molecule has 1 aromatic heterocycles. The zero-order chi connectivity index (χ0) is 24.7. The van der Waals surface area contributed by atoms with E-state index < -0.39 is 6.10 Å². The molecule has 0 bridgehead atoms. The molecular formula is C28H39N3O3. The predicted octanol–water partition coefficient (Wildman–Crippen LogP) is 5.53. The highest BCUT2D eigenvalue weighted by Crippen LogP contribution is 2.32. The van der Waals surface area contributed by atoms with Gasteiger partial charge in [0, 0.05) is 19.6 Å². The first-order valence-corrected chi connectivity index (χ1v) is 12.1. The second kappa shape index (κ2) is 12.2. The molecule has 6 nitrogen and oxygen atoms in total. The maximum atomic E-state index is 10.6. The lowest BCUT2D eigenvalue weighted by molar-refractivity contribution is -0.0109. The number of benzene rings is 2. The number of rotatable bonds is 12. The summed E-state index contributed by atoms with van der Waals surface area (Å²) < 4.78 is 14.0. The fourth-order valence-electron chi connectivity index (χ4n) is 3.96. The Morgan fingerprint density at radius 1 is 0.971 bits per heavy atom. The van der Waals surface area contributed by atoms with E-state index in [9.17, 15) is 5.11 Å². The van der Waals surface area contributed by atoms with Gasteiger partial charge in [0.25, 0.3) is 0 Å². The van der Waals surface area contributed by atoms with Crippen molar-refractivity contribution in [3.8, 4) is 17.3 Å². The summed E-state index contributed by atoms with van der Waals surface area (Å²) in [6, 6.07) is 18.1. The van der Waals surface area contributed by atoms with Gasteiger partial charge in [0.05, 0.1) is 35.8 Å². The number of hydrogen-bond donors (Lipinski definition) is 1. The van der Waals surface area contributed by atoms with Crippen molar-refractivity contribution < 1.29 is 14.6 Å². The second-order valence-electron chi connectivity index (χ2n) is 9.66. The van der Waals surface area contributed by atoms with Crippen LogP contribution in [0.1, 0.15) is 44.5 Å². The Morgan fingerprint density at radius 2 is 1.71 bits per heavy atom. The lowest BCUT2D eigenvalue weighted by Gasteiger charge is -2.27. The van der Waals surface area contributed by atoms with E-state index in [1.165, 1.54) is 0 Å². The number of aliphatic hydroxyl groups excluding tert-OH is 1. The molecule has 6 heteroatoms. The lowest BCUT2D eigenvalue weighted by atomic mass is 10.1. The van der Waals surface area contributed by atoms with Gasteiger partial charge in [-0.1, -0.05) is 44.2 Å². The van der Waals surface area contributed by atoms with E-state index in [4.69, 9.17) is 14.6 Å². The number of hydrogen-bond acceptors (Lipinski definition) is 5. The molecular weight excluding hydrogens is 426 g/mol. The minimum Gasteiger partial charge on any atom is -0.439 e.